The van der Waals surface area contributed by atoms with Gasteiger partial charge in [0.25, 0.3) is 0 Å². The van der Waals surface area contributed by atoms with Crippen molar-refractivity contribution in [3.05, 3.63) is 85.1 Å². The van der Waals surface area contributed by atoms with E-state index in [-0.39, 0.29) is 31.1 Å². The van der Waals surface area contributed by atoms with Crippen LogP contribution in [0.4, 0.5) is 0 Å². The van der Waals surface area contributed by atoms with Crippen LogP contribution in [0.1, 0.15) is 181 Å². The number of unbranched alkanes of at least 4 members (excludes halogenated alkanes) is 12. The van der Waals surface area contributed by atoms with E-state index < -0.39 is 6.10 Å². The van der Waals surface area contributed by atoms with E-state index >= 15 is 0 Å². The monoisotopic (exact) mass is 751 g/mol. The van der Waals surface area contributed by atoms with Crippen LogP contribution in [-0.4, -0.2) is 37.2 Å². The van der Waals surface area contributed by atoms with Crippen LogP contribution < -0.4 is 0 Å². The van der Waals surface area contributed by atoms with Crippen LogP contribution in [0.15, 0.2) is 85.1 Å². The van der Waals surface area contributed by atoms with Crippen molar-refractivity contribution < 1.29 is 28.6 Å². The normalized spacial score (nSPS) is 12.9. The van der Waals surface area contributed by atoms with Crippen LogP contribution in [0.5, 0.6) is 0 Å². The largest absolute Gasteiger partial charge is 0.462 e. The quantitative estimate of drug-likeness (QED) is 0.0272. The smallest absolute Gasteiger partial charge is 0.306 e. The van der Waals surface area contributed by atoms with E-state index in [1.54, 1.807) is 0 Å². The SMILES string of the molecule is CC/C=C\C/C=C\C/C=C\C/C=C\C/C=C\C/C=C\C/C=C\CCCCCC(=O)OCC(COC(=O)CCCCCCC)OC(=O)CCCCCCCC. The summed E-state index contributed by atoms with van der Waals surface area (Å²) in [5.74, 6) is -0.959. The number of esters is 3. The van der Waals surface area contributed by atoms with E-state index in [1.807, 2.05) is 0 Å². The van der Waals surface area contributed by atoms with E-state index in [1.165, 1.54) is 25.7 Å². The molecule has 0 heterocycles. The number of ether oxygens (including phenoxy) is 3. The molecule has 54 heavy (non-hydrogen) atoms. The van der Waals surface area contributed by atoms with Gasteiger partial charge in [0.15, 0.2) is 6.10 Å². The summed E-state index contributed by atoms with van der Waals surface area (Å²) in [6.45, 7) is 6.31. The maximum atomic E-state index is 12.5. The van der Waals surface area contributed by atoms with Gasteiger partial charge in [-0.2, -0.15) is 0 Å². The summed E-state index contributed by atoms with van der Waals surface area (Å²) in [6, 6.07) is 0. The van der Waals surface area contributed by atoms with Gasteiger partial charge in [0.1, 0.15) is 13.2 Å². The van der Waals surface area contributed by atoms with Gasteiger partial charge in [0, 0.05) is 19.3 Å². The predicted octanol–water partition coefficient (Wildman–Crippen LogP) is 13.7. The summed E-state index contributed by atoms with van der Waals surface area (Å²) in [4.78, 5) is 37.1. The Morgan fingerprint density at radius 3 is 1.13 bits per heavy atom. The molecule has 0 bridgehead atoms. The molecular weight excluding hydrogens is 673 g/mol. The molecule has 0 aromatic carbocycles. The van der Waals surface area contributed by atoms with Crippen LogP contribution in [0.25, 0.3) is 0 Å². The minimum atomic E-state index is -0.781. The summed E-state index contributed by atoms with van der Waals surface area (Å²) in [6.07, 6.45) is 53.4. The lowest BCUT2D eigenvalue weighted by molar-refractivity contribution is -0.167. The lowest BCUT2D eigenvalue weighted by atomic mass is 10.1. The van der Waals surface area contributed by atoms with E-state index in [0.29, 0.717) is 19.3 Å². The minimum absolute atomic E-state index is 0.0891. The molecule has 0 radical (unpaired) electrons. The number of hydrogen-bond donors (Lipinski definition) is 0. The highest BCUT2D eigenvalue weighted by Gasteiger charge is 2.19. The average molecular weight is 751 g/mol. The highest BCUT2D eigenvalue weighted by atomic mass is 16.6. The first kappa shape index (κ1) is 50.6. The molecule has 0 spiro atoms. The molecule has 6 nitrogen and oxygen atoms in total. The highest BCUT2D eigenvalue weighted by molar-refractivity contribution is 5.71. The molecule has 0 amide bonds. The Morgan fingerprint density at radius 2 is 0.722 bits per heavy atom. The Hall–Kier alpha value is -3.41. The molecule has 0 aromatic rings. The fraction of sp³-hybridized carbons (Fsp3) is 0.646. The predicted molar refractivity (Wildman–Crippen MR) is 228 cm³/mol. The van der Waals surface area contributed by atoms with Crippen molar-refractivity contribution in [1.82, 2.24) is 0 Å². The fourth-order valence-electron chi connectivity index (χ4n) is 5.42. The second-order valence-corrected chi connectivity index (χ2v) is 13.9. The summed E-state index contributed by atoms with van der Waals surface area (Å²) in [5.41, 5.74) is 0. The molecule has 306 valence electrons. The molecular formula is C48H78O6. The Labute approximate surface area is 331 Å². The molecule has 1 unspecified atom stereocenters. The van der Waals surface area contributed by atoms with Crippen LogP contribution in [0.2, 0.25) is 0 Å². The Bertz CT molecular complexity index is 1090. The summed E-state index contributed by atoms with van der Waals surface area (Å²) < 4.78 is 16.4. The zero-order valence-corrected chi connectivity index (χ0v) is 34.7. The first-order valence-electron chi connectivity index (χ1n) is 21.6. The van der Waals surface area contributed by atoms with Gasteiger partial charge < -0.3 is 14.2 Å². The first-order valence-corrected chi connectivity index (χ1v) is 21.6. The van der Waals surface area contributed by atoms with Crippen molar-refractivity contribution in [2.45, 2.75) is 187 Å². The Kier molecular flexibility index (Phi) is 39.7. The lowest BCUT2D eigenvalue weighted by Crippen LogP contribution is -2.30. The van der Waals surface area contributed by atoms with Gasteiger partial charge in [0.05, 0.1) is 0 Å². The van der Waals surface area contributed by atoms with Crippen molar-refractivity contribution in [3.8, 4) is 0 Å². The molecule has 0 aromatic heterocycles. The zero-order chi connectivity index (χ0) is 39.4. The van der Waals surface area contributed by atoms with Crippen molar-refractivity contribution in [3.63, 3.8) is 0 Å². The third-order valence-corrected chi connectivity index (χ3v) is 8.66. The van der Waals surface area contributed by atoms with Crippen molar-refractivity contribution in [2.24, 2.45) is 0 Å². The molecule has 0 aliphatic heterocycles. The van der Waals surface area contributed by atoms with Crippen LogP contribution in [0, 0.1) is 0 Å². The van der Waals surface area contributed by atoms with E-state index in [0.717, 1.165) is 116 Å². The molecule has 0 saturated carbocycles. The third kappa shape index (κ3) is 39.8. The third-order valence-electron chi connectivity index (χ3n) is 8.66. The topological polar surface area (TPSA) is 78.9 Å². The minimum Gasteiger partial charge on any atom is -0.462 e. The van der Waals surface area contributed by atoms with Gasteiger partial charge in [-0.3, -0.25) is 14.4 Å². The molecule has 6 heteroatoms. The molecule has 1 atom stereocenters. The van der Waals surface area contributed by atoms with Gasteiger partial charge in [-0.25, -0.2) is 0 Å². The fourth-order valence-corrected chi connectivity index (χ4v) is 5.42. The molecule has 0 N–H and O–H groups in total. The second-order valence-electron chi connectivity index (χ2n) is 13.9. The van der Waals surface area contributed by atoms with E-state index in [9.17, 15) is 14.4 Å². The molecule has 0 aliphatic rings. The van der Waals surface area contributed by atoms with Crippen molar-refractivity contribution in [2.75, 3.05) is 13.2 Å². The number of hydrogen-bond acceptors (Lipinski definition) is 6. The van der Waals surface area contributed by atoms with Gasteiger partial charge in [-0.15, -0.1) is 0 Å². The standard InChI is InChI=1S/C48H78O6/c1-4-7-10-13-15-16-17-18-19-20-21-22-23-24-25-26-27-28-29-30-31-32-33-36-38-41-47(50)53-44-45(43-52-46(49)40-37-34-12-9-6-3)54-48(51)42-39-35-14-11-8-5-2/h7,10,15-16,18-19,21-22,24-25,27-28,30-31,45H,4-6,8-9,11-14,17,20,23,26,29,32-44H2,1-3H3/b10-7-,16-15-,19-18-,22-21-,25-24-,28-27-,31-30-. The lowest BCUT2D eigenvalue weighted by Gasteiger charge is -2.18. The van der Waals surface area contributed by atoms with Crippen LogP contribution in [-0.2, 0) is 28.6 Å². The van der Waals surface area contributed by atoms with E-state index in [4.69, 9.17) is 14.2 Å². The summed E-state index contributed by atoms with van der Waals surface area (Å²) in [7, 11) is 0. The summed E-state index contributed by atoms with van der Waals surface area (Å²) in [5, 5.41) is 0. The zero-order valence-electron chi connectivity index (χ0n) is 34.7. The maximum absolute atomic E-state index is 12.5. The van der Waals surface area contributed by atoms with Crippen LogP contribution in [0.3, 0.4) is 0 Å². The molecule has 0 fully saturated rings. The Balaban J connectivity index is 4.15. The summed E-state index contributed by atoms with van der Waals surface area (Å²) >= 11 is 0. The average Bonchev–Trinajstić information content (AvgIpc) is 3.17. The van der Waals surface area contributed by atoms with Crippen molar-refractivity contribution >= 4 is 17.9 Å². The highest BCUT2D eigenvalue weighted by Crippen LogP contribution is 2.11. The molecule has 0 rings (SSSR count). The molecule has 0 aliphatic carbocycles. The first-order chi connectivity index (χ1) is 26.5. The van der Waals surface area contributed by atoms with Gasteiger partial charge in [0.2, 0.25) is 0 Å². The number of allylic oxidation sites excluding steroid dienone is 14. The van der Waals surface area contributed by atoms with Gasteiger partial charge in [-0.05, 0) is 77.0 Å². The number of carbonyl (C=O) groups excluding carboxylic acids is 3. The van der Waals surface area contributed by atoms with E-state index in [2.05, 4.69) is 106 Å². The Morgan fingerprint density at radius 1 is 0.389 bits per heavy atom. The molecule has 0 saturated heterocycles. The number of carbonyl (C=O) groups is 3. The maximum Gasteiger partial charge on any atom is 0.306 e. The second kappa shape index (κ2) is 42.3. The van der Waals surface area contributed by atoms with Crippen molar-refractivity contribution in [1.29, 1.82) is 0 Å². The van der Waals surface area contributed by atoms with Gasteiger partial charge in [-0.1, -0.05) is 170 Å². The van der Waals surface area contributed by atoms with Gasteiger partial charge >= 0.3 is 17.9 Å². The van der Waals surface area contributed by atoms with Crippen LogP contribution >= 0.6 is 0 Å². The number of rotatable bonds is 37.